The van der Waals surface area contributed by atoms with Crippen LogP contribution in [-0.4, -0.2) is 31.7 Å². The second kappa shape index (κ2) is 7.94. The highest BCUT2D eigenvalue weighted by Gasteiger charge is 2.21. The lowest BCUT2D eigenvalue weighted by Crippen LogP contribution is -2.37. The SMILES string of the molecule is CCn1c(=O)sc2cc(NC(=O)CN(c3cccc(Cl)c3)S(C)(=O)=O)ccc21. The Morgan fingerprint density at radius 2 is 2.00 bits per heavy atom. The number of nitrogens with zero attached hydrogens (tertiary/aromatic N) is 2. The van der Waals surface area contributed by atoms with E-state index in [1.807, 2.05) is 6.92 Å². The zero-order valence-corrected chi connectivity index (χ0v) is 17.6. The molecule has 0 aliphatic carbocycles. The van der Waals surface area contributed by atoms with Gasteiger partial charge < -0.3 is 5.32 Å². The van der Waals surface area contributed by atoms with Crippen molar-refractivity contribution < 1.29 is 13.2 Å². The van der Waals surface area contributed by atoms with Crippen molar-refractivity contribution in [1.82, 2.24) is 4.57 Å². The van der Waals surface area contributed by atoms with Crippen LogP contribution in [0.3, 0.4) is 0 Å². The van der Waals surface area contributed by atoms with E-state index in [1.165, 1.54) is 6.07 Å². The maximum absolute atomic E-state index is 12.5. The number of sulfonamides is 1. The van der Waals surface area contributed by atoms with Gasteiger partial charge in [-0.2, -0.15) is 0 Å². The largest absolute Gasteiger partial charge is 0.324 e. The first-order chi connectivity index (χ1) is 13.2. The Labute approximate surface area is 171 Å². The van der Waals surface area contributed by atoms with Crippen molar-refractivity contribution in [3.05, 3.63) is 57.2 Å². The molecule has 0 saturated carbocycles. The van der Waals surface area contributed by atoms with E-state index in [0.717, 1.165) is 32.1 Å². The number of carbonyl (C=O) groups is 1. The zero-order valence-electron chi connectivity index (χ0n) is 15.2. The molecule has 1 heterocycles. The van der Waals surface area contributed by atoms with Crippen LogP contribution in [0.25, 0.3) is 10.2 Å². The average molecular weight is 440 g/mol. The molecular formula is C18H18ClN3O4S2. The lowest BCUT2D eigenvalue weighted by atomic mass is 10.3. The topological polar surface area (TPSA) is 88.5 Å². The lowest BCUT2D eigenvalue weighted by Gasteiger charge is -2.22. The number of hydrogen-bond acceptors (Lipinski definition) is 5. The maximum Gasteiger partial charge on any atom is 0.308 e. The molecule has 1 N–H and O–H groups in total. The van der Waals surface area contributed by atoms with E-state index in [1.54, 1.807) is 41.0 Å². The Morgan fingerprint density at radius 3 is 2.64 bits per heavy atom. The predicted octanol–water partition coefficient (Wildman–Crippen LogP) is 3.14. The number of fused-ring (bicyclic) bond motifs is 1. The molecule has 3 aromatic rings. The van der Waals surface area contributed by atoms with Crippen LogP contribution in [0.2, 0.25) is 5.02 Å². The second-order valence-corrected chi connectivity index (χ2v) is 9.43. The number of rotatable bonds is 6. The third-order valence-corrected chi connectivity index (χ3v) is 6.37. The summed E-state index contributed by atoms with van der Waals surface area (Å²) < 4.78 is 27.7. The molecular weight excluding hydrogens is 422 g/mol. The van der Waals surface area contributed by atoms with E-state index >= 15 is 0 Å². The van der Waals surface area contributed by atoms with Gasteiger partial charge in [-0.05, 0) is 43.3 Å². The maximum atomic E-state index is 12.5. The minimum atomic E-state index is -3.69. The lowest BCUT2D eigenvalue weighted by molar-refractivity contribution is -0.114. The van der Waals surface area contributed by atoms with E-state index in [9.17, 15) is 18.0 Å². The van der Waals surface area contributed by atoms with Gasteiger partial charge in [-0.15, -0.1) is 0 Å². The van der Waals surface area contributed by atoms with Gasteiger partial charge in [0.25, 0.3) is 0 Å². The molecule has 0 unspecified atom stereocenters. The van der Waals surface area contributed by atoms with Crippen molar-refractivity contribution in [2.45, 2.75) is 13.5 Å². The van der Waals surface area contributed by atoms with Gasteiger partial charge in [0.2, 0.25) is 15.9 Å². The Morgan fingerprint density at radius 1 is 1.25 bits per heavy atom. The number of carbonyl (C=O) groups excluding carboxylic acids is 1. The molecule has 0 saturated heterocycles. The van der Waals surface area contributed by atoms with Gasteiger partial charge in [-0.3, -0.25) is 18.5 Å². The summed E-state index contributed by atoms with van der Waals surface area (Å²) >= 11 is 7.04. The predicted molar refractivity (Wildman–Crippen MR) is 114 cm³/mol. The molecule has 0 radical (unpaired) electrons. The fourth-order valence-corrected chi connectivity index (χ4v) is 4.83. The monoisotopic (exact) mass is 439 g/mol. The fourth-order valence-electron chi connectivity index (χ4n) is 2.81. The number of nitrogens with one attached hydrogen (secondary N) is 1. The van der Waals surface area contributed by atoms with Crippen molar-refractivity contribution in [1.29, 1.82) is 0 Å². The second-order valence-electron chi connectivity index (χ2n) is 6.09. The third-order valence-electron chi connectivity index (χ3n) is 4.05. The fraction of sp³-hybridized carbons (Fsp3) is 0.222. The van der Waals surface area contributed by atoms with Crippen molar-refractivity contribution in [3.63, 3.8) is 0 Å². The van der Waals surface area contributed by atoms with Crippen LogP contribution < -0.4 is 14.5 Å². The molecule has 7 nitrogen and oxygen atoms in total. The standard InChI is InChI=1S/C18H18ClN3O4S2/c1-3-21-15-8-7-13(10-16(15)27-18(21)24)20-17(23)11-22(28(2,25)26)14-6-4-5-12(19)9-14/h4-10H,3,11H2,1-2H3,(H,20,23). The molecule has 10 heteroatoms. The number of benzene rings is 2. The van der Waals surface area contributed by atoms with Crippen LogP contribution in [0.4, 0.5) is 11.4 Å². The summed E-state index contributed by atoms with van der Waals surface area (Å²) in [5, 5.41) is 3.05. The van der Waals surface area contributed by atoms with Gasteiger partial charge in [0.05, 0.1) is 22.2 Å². The first-order valence-electron chi connectivity index (χ1n) is 8.35. The first kappa shape index (κ1) is 20.4. The Kier molecular flexibility index (Phi) is 5.78. The smallest absolute Gasteiger partial charge is 0.308 e. The highest BCUT2D eigenvalue weighted by Crippen LogP contribution is 2.23. The zero-order chi connectivity index (χ0) is 20.5. The minimum absolute atomic E-state index is 0.0646. The number of hydrogen-bond donors (Lipinski definition) is 1. The minimum Gasteiger partial charge on any atom is -0.324 e. The van der Waals surface area contributed by atoms with Crippen molar-refractivity contribution in [2.75, 3.05) is 22.4 Å². The van der Waals surface area contributed by atoms with Crippen molar-refractivity contribution in [3.8, 4) is 0 Å². The molecule has 28 heavy (non-hydrogen) atoms. The van der Waals surface area contributed by atoms with Gasteiger partial charge in [0.15, 0.2) is 0 Å². The van der Waals surface area contributed by atoms with Crippen LogP contribution in [-0.2, 0) is 21.4 Å². The molecule has 148 valence electrons. The van der Waals surface area contributed by atoms with Gasteiger partial charge in [-0.25, -0.2) is 8.42 Å². The number of anilines is 2. The quantitative estimate of drug-likeness (QED) is 0.639. The van der Waals surface area contributed by atoms with Gasteiger partial charge in [-0.1, -0.05) is 29.0 Å². The van der Waals surface area contributed by atoms with E-state index in [-0.39, 0.29) is 4.87 Å². The van der Waals surface area contributed by atoms with Gasteiger partial charge >= 0.3 is 4.87 Å². The summed E-state index contributed by atoms with van der Waals surface area (Å²) in [6.45, 7) is 2.05. The third kappa shape index (κ3) is 4.37. The molecule has 0 spiro atoms. The molecule has 1 aromatic heterocycles. The number of aromatic nitrogens is 1. The van der Waals surface area contributed by atoms with E-state index in [0.29, 0.717) is 22.9 Å². The molecule has 0 bridgehead atoms. The summed E-state index contributed by atoms with van der Waals surface area (Å²) in [6.07, 6.45) is 1.03. The summed E-state index contributed by atoms with van der Waals surface area (Å²) in [5.74, 6) is -0.507. The van der Waals surface area contributed by atoms with Crippen LogP contribution >= 0.6 is 22.9 Å². The molecule has 1 amide bonds. The Balaban J connectivity index is 1.83. The number of aryl methyl sites for hydroxylation is 1. The summed E-state index contributed by atoms with van der Waals surface area (Å²) in [5.41, 5.74) is 1.59. The van der Waals surface area contributed by atoms with E-state index < -0.39 is 22.5 Å². The van der Waals surface area contributed by atoms with E-state index in [4.69, 9.17) is 11.6 Å². The summed E-state index contributed by atoms with van der Waals surface area (Å²) in [6, 6.07) is 11.4. The number of amides is 1. The highest BCUT2D eigenvalue weighted by atomic mass is 35.5. The number of thiazole rings is 1. The van der Waals surface area contributed by atoms with Gasteiger partial charge in [0.1, 0.15) is 6.54 Å². The molecule has 3 rings (SSSR count). The molecule has 0 aliphatic heterocycles. The Hall–Kier alpha value is -2.36. The molecule has 0 atom stereocenters. The van der Waals surface area contributed by atoms with Crippen LogP contribution in [0, 0.1) is 0 Å². The normalized spacial score (nSPS) is 11.5. The summed E-state index contributed by atoms with van der Waals surface area (Å²) in [7, 11) is -3.69. The number of halogens is 1. The molecule has 0 aliphatic rings. The van der Waals surface area contributed by atoms with Crippen molar-refractivity contribution in [2.24, 2.45) is 0 Å². The van der Waals surface area contributed by atoms with Crippen molar-refractivity contribution >= 4 is 60.5 Å². The van der Waals surface area contributed by atoms with E-state index in [2.05, 4.69) is 5.32 Å². The van der Waals surface area contributed by atoms with Crippen LogP contribution in [0.5, 0.6) is 0 Å². The summed E-state index contributed by atoms with van der Waals surface area (Å²) in [4.78, 5) is 24.4. The first-order valence-corrected chi connectivity index (χ1v) is 11.4. The molecule has 2 aromatic carbocycles. The molecule has 0 fully saturated rings. The highest BCUT2D eigenvalue weighted by molar-refractivity contribution is 7.92. The average Bonchev–Trinajstić information content (AvgIpc) is 2.92. The van der Waals surface area contributed by atoms with Crippen LogP contribution in [0.15, 0.2) is 47.3 Å². The van der Waals surface area contributed by atoms with Gasteiger partial charge in [0, 0.05) is 17.3 Å². The van der Waals surface area contributed by atoms with Crippen LogP contribution in [0.1, 0.15) is 6.92 Å². The Bertz CT molecular complexity index is 1200.